The molecule has 112 valence electrons. The second kappa shape index (κ2) is 4.91. The van der Waals surface area contributed by atoms with Crippen LogP contribution in [0.5, 0.6) is 0 Å². The highest BCUT2D eigenvalue weighted by Crippen LogP contribution is 2.35. The molecule has 3 rings (SSSR count). The number of imide groups is 1. The highest BCUT2D eigenvalue weighted by Gasteiger charge is 2.52. The van der Waals surface area contributed by atoms with Gasteiger partial charge in [0, 0.05) is 0 Å². The van der Waals surface area contributed by atoms with Crippen LogP contribution in [0.1, 0.15) is 42.0 Å². The molecule has 3 amide bonds. The highest BCUT2D eigenvalue weighted by molar-refractivity contribution is 6.07. The molecule has 1 aromatic rings. The molecule has 0 unspecified atom stereocenters. The molecule has 7 heteroatoms. The minimum atomic E-state index is -0.727. The normalized spacial score (nSPS) is 20.1. The van der Waals surface area contributed by atoms with Gasteiger partial charge in [0.15, 0.2) is 0 Å². The van der Waals surface area contributed by atoms with E-state index in [-0.39, 0.29) is 18.2 Å². The summed E-state index contributed by atoms with van der Waals surface area (Å²) < 4.78 is 9.84. The number of rotatable bonds is 3. The Bertz CT molecular complexity index is 600. The van der Waals surface area contributed by atoms with E-state index in [2.05, 4.69) is 10.1 Å². The Morgan fingerprint density at radius 1 is 1.38 bits per heavy atom. The smallest absolute Gasteiger partial charge is 0.373 e. The molecule has 21 heavy (non-hydrogen) atoms. The molecule has 0 radical (unpaired) electrons. The Hall–Kier alpha value is -2.31. The predicted molar refractivity (Wildman–Crippen MR) is 70.3 cm³/mol. The highest BCUT2D eigenvalue weighted by atomic mass is 16.5. The zero-order valence-corrected chi connectivity index (χ0v) is 11.7. The number of carbonyl (C=O) groups excluding carboxylic acids is 3. The van der Waals surface area contributed by atoms with E-state index < -0.39 is 17.5 Å². The van der Waals surface area contributed by atoms with Gasteiger partial charge in [-0.05, 0) is 25.0 Å². The average molecular weight is 292 g/mol. The molecule has 1 aromatic heterocycles. The first-order valence-electron chi connectivity index (χ1n) is 6.87. The number of urea groups is 1. The fourth-order valence-electron chi connectivity index (χ4n) is 2.97. The lowest BCUT2D eigenvalue weighted by atomic mass is 9.98. The number of methoxy groups -OCH3 is 1. The summed E-state index contributed by atoms with van der Waals surface area (Å²) in [5.74, 6) is -0.379. The van der Waals surface area contributed by atoms with Gasteiger partial charge >= 0.3 is 12.0 Å². The van der Waals surface area contributed by atoms with Gasteiger partial charge in [0.25, 0.3) is 5.91 Å². The summed E-state index contributed by atoms with van der Waals surface area (Å²) in [5.41, 5.74) is -0.727. The van der Waals surface area contributed by atoms with Gasteiger partial charge in [-0.3, -0.25) is 9.69 Å². The molecule has 0 atom stereocenters. The van der Waals surface area contributed by atoms with E-state index in [1.165, 1.54) is 13.2 Å². The van der Waals surface area contributed by atoms with E-state index in [1.807, 2.05) is 0 Å². The molecule has 0 bridgehead atoms. The lowest BCUT2D eigenvalue weighted by Gasteiger charge is -2.19. The first-order chi connectivity index (χ1) is 10.1. The SMILES string of the molecule is COC(=O)c1ccc(CN2C(=O)NC3(CCCC3)C2=O)o1. The average Bonchev–Trinajstić information content (AvgIpc) is 3.17. The number of hydrogen-bond acceptors (Lipinski definition) is 5. The van der Waals surface area contributed by atoms with Gasteiger partial charge in [0.05, 0.1) is 13.7 Å². The Kier molecular flexibility index (Phi) is 3.19. The van der Waals surface area contributed by atoms with Crippen LogP contribution in [-0.2, 0) is 16.1 Å². The topological polar surface area (TPSA) is 88.9 Å². The monoisotopic (exact) mass is 292 g/mol. The van der Waals surface area contributed by atoms with Gasteiger partial charge in [0.1, 0.15) is 11.3 Å². The van der Waals surface area contributed by atoms with Gasteiger partial charge < -0.3 is 14.5 Å². The Morgan fingerprint density at radius 3 is 2.76 bits per heavy atom. The Morgan fingerprint density at radius 2 is 2.10 bits per heavy atom. The number of amides is 3. The predicted octanol–water partition coefficient (Wildman–Crippen LogP) is 1.43. The number of ether oxygens (including phenoxy) is 1. The largest absolute Gasteiger partial charge is 0.463 e. The fourth-order valence-corrected chi connectivity index (χ4v) is 2.97. The van der Waals surface area contributed by atoms with Crippen LogP contribution in [-0.4, -0.2) is 35.5 Å². The quantitative estimate of drug-likeness (QED) is 0.672. The number of carbonyl (C=O) groups is 3. The summed E-state index contributed by atoms with van der Waals surface area (Å²) in [5, 5.41) is 2.79. The maximum atomic E-state index is 12.5. The van der Waals surface area contributed by atoms with Gasteiger partial charge in [0.2, 0.25) is 5.76 Å². The van der Waals surface area contributed by atoms with Crippen molar-refractivity contribution in [2.45, 2.75) is 37.8 Å². The Balaban J connectivity index is 1.76. The van der Waals surface area contributed by atoms with Crippen molar-refractivity contribution in [3.63, 3.8) is 0 Å². The third-order valence-corrected chi connectivity index (χ3v) is 4.07. The standard InChI is InChI=1S/C14H16N2O5/c1-20-11(17)10-5-4-9(21-10)8-16-12(18)14(15-13(16)19)6-2-3-7-14/h4-5H,2-3,6-8H2,1H3,(H,15,19). The number of esters is 1. The van der Waals surface area contributed by atoms with Crippen molar-refractivity contribution in [3.8, 4) is 0 Å². The summed E-state index contributed by atoms with van der Waals surface area (Å²) in [7, 11) is 1.26. The van der Waals surface area contributed by atoms with Gasteiger partial charge in [-0.25, -0.2) is 9.59 Å². The summed E-state index contributed by atoms with van der Waals surface area (Å²) in [6.45, 7) is 0.0173. The molecule has 7 nitrogen and oxygen atoms in total. The molecule has 1 N–H and O–H groups in total. The zero-order valence-electron chi connectivity index (χ0n) is 11.7. The van der Waals surface area contributed by atoms with Crippen molar-refractivity contribution in [1.29, 1.82) is 0 Å². The van der Waals surface area contributed by atoms with Crippen LogP contribution in [0, 0.1) is 0 Å². The number of nitrogens with zero attached hydrogens (tertiary/aromatic N) is 1. The molecular weight excluding hydrogens is 276 g/mol. The zero-order chi connectivity index (χ0) is 15.0. The van der Waals surface area contributed by atoms with Crippen LogP contribution in [0.2, 0.25) is 0 Å². The van der Waals surface area contributed by atoms with Crippen molar-refractivity contribution in [1.82, 2.24) is 10.2 Å². The lowest BCUT2D eigenvalue weighted by molar-refractivity contribution is -0.131. The van der Waals surface area contributed by atoms with E-state index in [1.54, 1.807) is 6.07 Å². The molecule has 0 aromatic carbocycles. The van der Waals surface area contributed by atoms with E-state index in [0.717, 1.165) is 17.7 Å². The van der Waals surface area contributed by atoms with Crippen LogP contribution < -0.4 is 5.32 Å². The number of nitrogens with one attached hydrogen (secondary N) is 1. The third-order valence-electron chi connectivity index (χ3n) is 4.07. The van der Waals surface area contributed by atoms with Crippen LogP contribution in [0.4, 0.5) is 4.79 Å². The van der Waals surface area contributed by atoms with Crippen LogP contribution in [0.3, 0.4) is 0 Å². The van der Waals surface area contributed by atoms with Crippen molar-refractivity contribution in [3.05, 3.63) is 23.7 Å². The minimum absolute atomic E-state index is 0.0173. The fraction of sp³-hybridized carbons (Fsp3) is 0.500. The van der Waals surface area contributed by atoms with E-state index in [9.17, 15) is 14.4 Å². The van der Waals surface area contributed by atoms with Crippen molar-refractivity contribution >= 4 is 17.9 Å². The van der Waals surface area contributed by atoms with Crippen molar-refractivity contribution < 1.29 is 23.5 Å². The number of hydrogen-bond donors (Lipinski definition) is 1. The summed E-state index contributed by atoms with van der Waals surface area (Å²) in [6, 6.07) is 2.62. The second-order valence-corrected chi connectivity index (χ2v) is 5.37. The number of furan rings is 1. The first kappa shape index (κ1) is 13.7. The molecule has 1 spiro atoms. The second-order valence-electron chi connectivity index (χ2n) is 5.37. The van der Waals surface area contributed by atoms with Gasteiger partial charge in [-0.2, -0.15) is 0 Å². The van der Waals surface area contributed by atoms with E-state index in [4.69, 9.17) is 4.42 Å². The summed E-state index contributed by atoms with van der Waals surface area (Å²) in [6.07, 6.45) is 3.24. The maximum absolute atomic E-state index is 12.5. The molecule has 2 aliphatic rings. The molecule has 2 heterocycles. The first-order valence-corrected chi connectivity index (χ1v) is 6.87. The molecule has 2 fully saturated rings. The molecule has 1 saturated carbocycles. The Labute approximate surface area is 121 Å². The molecule has 1 aliphatic heterocycles. The third kappa shape index (κ3) is 2.18. The van der Waals surface area contributed by atoms with Crippen molar-refractivity contribution in [2.24, 2.45) is 0 Å². The van der Waals surface area contributed by atoms with Gasteiger partial charge in [-0.15, -0.1) is 0 Å². The lowest BCUT2D eigenvalue weighted by Crippen LogP contribution is -2.44. The van der Waals surface area contributed by atoms with Crippen molar-refractivity contribution in [2.75, 3.05) is 7.11 Å². The molecule has 1 aliphatic carbocycles. The summed E-state index contributed by atoms with van der Waals surface area (Å²) >= 11 is 0. The van der Waals surface area contributed by atoms with E-state index >= 15 is 0 Å². The van der Waals surface area contributed by atoms with Gasteiger partial charge in [-0.1, -0.05) is 12.8 Å². The molecule has 1 saturated heterocycles. The maximum Gasteiger partial charge on any atom is 0.373 e. The van der Waals surface area contributed by atoms with Crippen LogP contribution in [0.15, 0.2) is 16.5 Å². The van der Waals surface area contributed by atoms with E-state index in [0.29, 0.717) is 18.6 Å². The minimum Gasteiger partial charge on any atom is -0.463 e. The summed E-state index contributed by atoms with van der Waals surface area (Å²) in [4.78, 5) is 36.9. The molecular formula is C14H16N2O5. The van der Waals surface area contributed by atoms with Crippen LogP contribution in [0.25, 0.3) is 0 Å². The van der Waals surface area contributed by atoms with Crippen LogP contribution >= 0.6 is 0 Å².